The Bertz CT molecular complexity index is 1640. The quantitative estimate of drug-likeness (QED) is 0.0228. The van der Waals surface area contributed by atoms with E-state index in [-0.39, 0.29) is 25.9 Å². The van der Waals surface area contributed by atoms with Gasteiger partial charge in [-0.1, -0.05) is 208 Å². The molecule has 0 saturated carbocycles. The first kappa shape index (κ1) is 66.7. The van der Waals surface area contributed by atoms with Crippen LogP contribution in [-0.4, -0.2) is 89.2 Å². The molecule has 1 heterocycles. The Balaban J connectivity index is 2.75. The summed E-state index contributed by atoms with van der Waals surface area (Å²) in [6, 6.07) is 0. The predicted octanol–water partition coefficient (Wildman–Crippen LogP) is 14.1. The molecule has 73 heavy (non-hydrogen) atoms. The highest BCUT2D eigenvalue weighted by Gasteiger charge is 2.50. The van der Waals surface area contributed by atoms with E-state index in [1.54, 1.807) is 0 Å². The summed E-state index contributed by atoms with van der Waals surface area (Å²) >= 11 is 0. The lowest BCUT2D eigenvalue weighted by atomic mass is 9.98. The molecule has 1 aliphatic rings. The van der Waals surface area contributed by atoms with Crippen molar-refractivity contribution >= 4 is 23.9 Å². The summed E-state index contributed by atoms with van der Waals surface area (Å²) in [5.41, 5.74) is 0. The normalized spacial score (nSPS) is 19.1. The van der Waals surface area contributed by atoms with E-state index in [1.807, 2.05) is 18.2 Å². The lowest BCUT2D eigenvalue weighted by Crippen LogP contribution is -2.61. The maximum atomic E-state index is 13.1. The van der Waals surface area contributed by atoms with Gasteiger partial charge in [0.15, 0.2) is 24.6 Å². The van der Waals surface area contributed by atoms with E-state index in [9.17, 15) is 34.5 Å². The molecule has 1 aliphatic heterocycles. The van der Waals surface area contributed by atoms with Gasteiger partial charge in [-0.2, -0.15) is 0 Å². The van der Waals surface area contributed by atoms with E-state index in [0.29, 0.717) is 25.7 Å². The lowest BCUT2D eigenvalue weighted by molar-refractivity contribution is -0.301. The van der Waals surface area contributed by atoms with Crippen molar-refractivity contribution in [2.45, 2.75) is 250 Å². The molecule has 6 unspecified atom stereocenters. The van der Waals surface area contributed by atoms with Crippen LogP contribution in [0.25, 0.3) is 0 Å². The standard InChI is InChI=1S/C61H98O12/c1-4-7-10-13-16-19-22-24-25-26-27-28-29-31-34-37-40-43-46-49-55(64)72-59-57(66)56(65)58(60(67)68)73-61(59)70-51-52(71-54(63)48-45-42-39-36-32-21-18-15-12-9-6-3)50-69-53(62)47-44-41-38-35-33-30-23-20-17-14-11-8-5-2/h7,10-11,14,16,19-20,23-25,27-28,31,34,40,43,52,56-59,61,65-66H,4-6,8-9,12-13,15,17-18,21-22,26,29-30,32-33,35-39,41-42,44-51H2,1-3H3,(H,67,68)/b10-7-,14-11-,19-16-,23-20-,25-24-,28-27-,34-31-,43-40-. The zero-order valence-corrected chi connectivity index (χ0v) is 45.3. The van der Waals surface area contributed by atoms with Gasteiger partial charge in [-0.25, -0.2) is 4.79 Å². The zero-order chi connectivity index (χ0) is 53.3. The number of unbranched alkanes of at least 4 members (excludes halogenated alkanes) is 16. The van der Waals surface area contributed by atoms with Crippen LogP contribution in [0.4, 0.5) is 0 Å². The molecule has 12 nitrogen and oxygen atoms in total. The van der Waals surface area contributed by atoms with Crippen LogP contribution in [0, 0.1) is 0 Å². The van der Waals surface area contributed by atoms with Crippen LogP contribution in [0.1, 0.15) is 213 Å². The summed E-state index contributed by atoms with van der Waals surface area (Å²) in [5, 5.41) is 31.4. The van der Waals surface area contributed by atoms with Gasteiger partial charge in [-0.05, 0) is 83.5 Å². The number of rotatable bonds is 46. The van der Waals surface area contributed by atoms with Gasteiger partial charge in [0.2, 0.25) is 0 Å². The van der Waals surface area contributed by atoms with Gasteiger partial charge < -0.3 is 39.0 Å². The number of aliphatic carboxylic acids is 1. The third-order valence-electron chi connectivity index (χ3n) is 12.1. The van der Waals surface area contributed by atoms with Crippen LogP contribution >= 0.6 is 0 Å². The van der Waals surface area contributed by atoms with E-state index >= 15 is 0 Å². The van der Waals surface area contributed by atoms with Crippen LogP contribution in [-0.2, 0) is 42.9 Å². The largest absolute Gasteiger partial charge is 0.479 e. The number of esters is 3. The van der Waals surface area contributed by atoms with Gasteiger partial charge in [0.25, 0.3) is 0 Å². The number of allylic oxidation sites excluding steroid dienone is 16. The van der Waals surface area contributed by atoms with Crippen LogP contribution in [0.15, 0.2) is 97.2 Å². The molecule has 414 valence electrons. The third kappa shape index (κ3) is 38.8. The zero-order valence-electron chi connectivity index (χ0n) is 45.3. The fraction of sp³-hybridized carbons (Fsp3) is 0.672. The van der Waals surface area contributed by atoms with Crippen LogP contribution in [0.5, 0.6) is 0 Å². The van der Waals surface area contributed by atoms with Crippen molar-refractivity contribution in [2.24, 2.45) is 0 Å². The van der Waals surface area contributed by atoms with Crippen LogP contribution < -0.4 is 0 Å². The number of hydrogen-bond acceptors (Lipinski definition) is 11. The SMILES string of the molecule is CC/C=C\C/C=C\C/C=C\C/C=C\C/C=C\C/C=C\CCC(=O)OC1C(OCC(COC(=O)CCCCCCC/C=C\C/C=C\CCC)OC(=O)CCCCCCCCCCCCC)OC(C(=O)O)C(O)C1O. The Kier molecular flexibility index (Phi) is 44.4. The van der Waals surface area contributed by atoms with Gasteiger partial charge in [-0.3, -0.25) is 14.4 Å². The van der Waals surface area contributed by atoms with Gasteiger partial charge in [0, 0.05) is 19.3 Å². The topological polar surface area (TPSA) is 175 Å². The Morgan fingerprint density at radius 3 is 1.42 bits per heavy atom. The van der Waals surface area contributed by atoms with Gasteiger partial charge in [0.1, 0.15) is 18.8 Å². The molecular formula is C61H98O12. The second-order valence-corrected chi connectivity index (χ2v) is 18.8. The minimum absolute atomic E-state index is 0.0690. The van der Waals surface area contributed by atoms with Crippen molar-refractivity contribution in [1.82, 2.24) is 0 Å². The van der Waals surface area contributed by atoms with Crippen molar-refractivity contribution in [1.29, 1.82) is 0 Å². The summed E-state index contributed by atoms with van der Waals surface area (Å²) in [5.74, 6) is -3.26. The van der Waals surface area contributed by atoms with Crippen molar-refractivity contribution in [3.05, 3.63) is 97.2 Å². The first-order valence-corrected chi connectivity index (χ1v) is 28.2. The van der Waals surface area contributed by atoms with Crippen LogP contribution in [0.2, 0.25) is 0 Å². The average Bonchev–Trinajstić information content (AvgIpc) is 3.37. The lowest BCUT2D eigenvalue weighted by Gasteiger charge is -2.40. The minimum Gasteiger partial charge on any atom is -0.479 e. The second-order valence-electron chi connectivity index (χ2n) is 18.8. The summed E-state index contributed by atoms with van der Waals surface area (Å²) in [7, 11) is 0. The molecule has 1 fully saturated rings. The number of hydrogen-bond donors (Lipinski definition) is 3. The highest BCUT2D eigenvalue weighted by Crippen LogP contribution is 2.26. The highest BCUT2D eigenvalue weighted by atomic mass is 16.7. The molecule has 1 rings (SSSR count). The Morgan fingerprint density at radius 2 is 0.918 bits per heavy atom. The number of carboxylic acids is 1. The molecule has 6 atom stereocenters. The van der Waals surface area contributed by atoms with Crippen molar-refractivity contribution in [3.8, 4) is 0 Å². The number of carbonyl (C=O) groups is 4. The van der Waals surface area contributed by atoms with E-state index in [2.05, 4.69) is 99.8 Å². The summed E-state index contributed by atoms with van der Waals surface area (Å²) < 4.78 is 28.2. The maximum Gasteiger partial charge on any atom is 0.335 e. The molecular weight excluding hydrogens is 925 g/mol. The average molecular weight is 1020 g/mol. The number of aliphatic hydroxyl groups excluding tert-OH is 2. The fourth-order valence-corrected chi connectivity index (χ4v) is 7.84. The molecule has 12 heteroatoms. The number of carbonyl (C=O) groups excluding carboxylic acids is 3. The molecule has 0 radical (unpaired) electrons. The Morgan fingerprint density at radius 1 is 0.466 bits per heavy atom. The molecule has 0 aromatic rings. The highest BCUT2D eigenvalue weighted by molar-refractivity contribution is 5.74. The molecule has 1 saturated heterocycles. The van der Waals surface area contributed by atoms with Gasteiger partial charge >= 0.3 is 23.9 Å². The maximum absolute atomic E-state index is 13.1. The number of aliphatic hydroxyl groups is 2. The predicted molar refractivity (Wildman–Crippen MR) is 294 cm³/mol. The summed E-state index contributed by atoms with van der Waals surface area (Å²) in [4.78, 5) is 50.9. The van der Waals surface area contributed by atoms with E-state index in [4.69, 9.17) is 23.7 Å². The van der Waals surface area contributed by atoms with Crippen molar-refractivity contribution < 1.29 is 58.2 Å². The monoisotopic (exact) mass is 1020 g/mol. The first-order chi connectivity index (χ1) is 35.6. The molecule has 0 aromatic heterocycles. The van der Waals surface area contributed by atoms with E-state index in [1.165, 1.54) is 44.9 Å². The van der Waals surface area contributed by atoms with E-state index in [0.717, 1.165) is 103 Å². The Labute approximate surface area is 441 Å². The van der Waals surface area contributed by atoms with Crippen LogP contribution in [0.3, 0.4) is 0 Å². The molecule has 0 aliphatic carbocycles. The molecule has 0 aromatic carbocycles. The van der Waals surface area contributed by atoms with Gasteiger partial charge in [0.05, 0.1) is 6.61 Å². The smallest absolute Gasteiger partial charge is 0.335 e. The first-order valence-electron chi connectivity index (χ1n) is 28.2. The molecule has 0 amide bonds. The minimum atomic E-state index is -1.93. The third-order valence-corrected chi connectivity index (χ3v) is 12.1. The van der Waals surface area contributed by atoms with Gasteiger partial charge in [-0.15, -0.1) is 0 Å². The second kappa shape index (κ2) is 48.6. The number of ether oxygens (including phenoxy) is 5. The molecule has 3 N–H and O–H groups in total. The summed E-state index contributed by atoms with van der Waals surface area (Å²) in [6.45, 7) is 5.74. The molecule has 0 spiro atoms. The molecule has 0 bridgehead atoms. The summed E-state index contributed by atoms with van der Waals surface area (Å²) in [6.07, 6.45) is 51.1. The number of carboxylic acid groups (broad SMARTS) is 1. The van der Waals surface area contributed by atoms with E-state index < -0.39 is 67.3 Å². The fourth-order valence-electron chi connectivity index (χ4n) is 7.84. The van der Waals surface area contributed by atoms with Crippen molar-refractivity contribution in [3.63, 3.8) is 0 Å². The van der Waals surface area contributed by atoms with Crippen molar-refractivity contribution in [2.75, 3.05) is 13.2 Å². The Hall–Kier alpha value is -4.36.